The molecule has 1 amide bonds. The number of anilines is 1. The zero-order valence-electron chi connectivity index (χ0n) is 17.7. The smallest absolute Gasteiger partial charge is 0.233 e. The second-order valence-corrected chi connectivity index (χ2v) is 10.5. The normalized spacial score (nSPS) is 21.7. The van der Waals surface area contributed by atoms with Crippen LogP contribution in [0.1, 0.15) is 37.8 Å². The Bertz CT molecular complexity index is 1170. The number of fused-ring (bicyclic) bond motifs is 1. The zero-order valence-corrected chi connectivity index (χ0v) is 20.0. The molecular weight excluding hydrogens is 450 g/mol. The minimum Gasteiger partial charge on any atom is -0.493 e. The highest BCUT2D eigenvalue weighted by molar-refractivity contribution is 7.17. The first kappa shape index (κ1) is 21.7. The van der Waals surface area contributed by atoms with Crippen LogP contribution in [0.3, 0.4) is 0 Å². The van der Waals surface area contributed by atoms with Crippen LogP contribution < -0.4 is 9.64 Å². The number of amides is 1. The third-order valence-electron chi connectivity index (χ3n) is 6.30. The van der Waals surface area contributed by atoms with E-state index in [1.165, 1.54) is 17.0 Å². The molecule has 2 aromatic carbocycles. The van der Waals surface area contributed by atoms with Crippen LogP contribution in [0.5, 0.6) is 5.75 Å². The molecule has 32 heavy (non-hydrogen) atoms. The number of rotatable bonds is 7. The molecule has 5 unspecified atom stereocenters. The van der Waals surface area contributed by atoms with E-state index in [1.54, 1.807) is 22.8 Å². The molecule has 1 aromatic heterocycles. The SMILES string of the molecule is CC(P)CCOc1cc(F)c(C2C(C3CC3)C(=O)N2c2ccc3c(c2)ncn3P)c(F)c1. The standard InChI is InChI=1S/C23H25F2N3O2P2/c1-12(31)6-7-30-15-9-16(24)21(17(25)10-15)22-20(13-2-3-13)23(29)28(22)14-4-5-19-18(8-14)26-11-27(19)32/h4-5,8-13,20,22H,2-3,6-7,31-32H2,1H3. The van der Waals surface area contributed by atoms with Crippen molar-refractivity contribution in [2.24, 2.45) is 11.8 Å². The second-order valence-electron chi connectivity index (χ2n) is 8.76. The summed E-state index contributed by atoms with van der Waals surface area (Å²) in [4.78, 5) is 18.9. The third kappa shape index (κ3) is 3.80. The number of carbonyl (C=O) groups excluding carboxylic acids is 1. The van der Waals surface area contributed by atoms with Crippen LogP contribution in [0, 0.1) is 23.5 Å². The molecular formula is C23H25F2N3O2P2. The highest BCUT2D eigenvalue weighted by Gasteiger charge is 2.56. The van der Waals surface area contributed by atoms with Gasteiger partial charge in [-0.2, -0.15) is 0 Å². The van der Waals surface area contributed by atoms with Crippen LogP contribution in [0.4, 0.5) is 14.5 Å². The number of halogens is 2. The second kappa shape index (κ2) is 8.35. The molecule has 9 heteroatoms. The molecule has 2 heterocycles. The van der Waals surface area contributed by atoms with Crippen LogP contribution in [0.25, 0.3) is 11.0 Å². The lowest BCUT2D eigenvalue weighted by Gasteiger charge is -2.48. The Hall–Kier alpha value is -2.10. The van der Waals surface area contributed by atoms with Gasteiger partial charge in [-0.1, -0.05) is 6.92 Å². The maximum absolute atomic E-state index is 15.2. The summed E-state index contributed by atoms with van der Waals surface area (Å²) in [6.07, 6.45) is 4.25. The molecule has 5 atom stereocenters. The lowest BCUT2D eigenvalue weighted by atomic mass is 9.78. The number of aromatic nitrogens is 2. The van der Waals surface area contributed by atoms with Crippen LogP contribution in [0.2, 0.25) is 0 Å². The van der Waals surface area contributed by atoms with Gasteiger partial charge in [0.1, 0.15) is 17.4 Å². The molecule has 3 aromatic rings. The molecule has 1 aliphatic heterocycles. The molecule has 1 aliphatic carbocycles. The number of imidazole rings is 1. The van der Waals surface area contributed by atoms with Gasteiger partial charge in [-0.25, -0.2) is 13.8 Å². The third-order valence-corrected chi connectivity index (χ3v) is 7.04. The van der Waals surface area contributed by atoms with E-state index < -0.39 is 23.6 Å². The van der Waals surface area contributed by atoms with E-state index in [4.69, 9.17) is 4.74 Å². The lowest BCUT2D eigenvalue weighted by Crippen LogP contribution is -2.56. The van der Waals surface area contributed by atoms with Gasteiger partial charge >= 0.3 is 0 Å². The first-order valence-electron chi connectivity index (χ1n) is 10.8. The first-order valence-corrected chi connectivity index (χ1v) is 12.0. The number of hydrogen-bond acceptors (Lipinski definition) is 3. The fraction of sp³-hybridized carbons (Fsp3) is 0.391. The molecule has 1 saturated carbocycles. The predicted molar refractivity (Wildman–Crippen MR) is 127 cm³/mol. The maximum atomic E-state index is 15.2. The molecule has 0 bridgehead atoms. The largest absolute Gasteiger partial charge is 0.493 e. The summed E-state index contributed by atoms with van der Waals surface area (Å²) in [5, 5.41) is 0. The fourth-order valence-corrected chi connectivity index (χ4v) is 4.90. The Morgan fingerprint density at radius 3 is 2.59 bits per heavy atom. The minimum absolute atomic E-state index is 0.0649. The summed E-state index contributed by atoms with van der Waals surface area (Å²) >= 11 is 0. The van der Waals surface area contributed by atoms with Gasteiger partial charge in [-0.05, 0) is 58.4 Å². The van der Waals surface area contributed by atoms with Crippen LogP contribution in [-0.2, 0) is 4.79 Å². The van der Waals surface area contributed by atoms with Crippen molar-refractivity contribution in [3.05, 3.63) is 53.9 Å². The van der Waals surface area contributed by atoms with Gasteiger partial charge in [0.15, 0.2) is 0 Å². The highest BCUT2D eigenvalue weighted by atomic mass is 31.0. The molecule has 168 valence electrons. The molecule has 2 aliphatic rings. The van der Waals surface area contributed by atoms with Gasteiger partial charge in [-0.3, -0.25) is 4.79 Å². The van der Waals surface area contributed by atoms with Gasteiger partial charge in [0.25, 0.3) is 0 Å². The van der Waals surface area contributed by atoms with Gasteiger partial charge in [0.2, 0.25) is 5.91 Å². The summed E-state index contributed by atoms with van der Waals surface area (Å²) in [5.41, 5.74) is 2.49. The van der Waals surface area contributed by atoms with Crippen molar-refractivity contribution in [3.8, 4) is 5.75 Å². The van der Waals surface area contributed by atoms with E-state index >= 15 is 8.78 Å². The Labute approximate surface area is 190 Å². The molecule has 0 N–H and O–H groups in total. The maximum Gasteiger partial charge on any atom is 0.233 e. The topological polar surface area (TPSA) is 47.4 Å². The highest BCUT2D eigenvalue weighted by Crippen LogP contribution is 2.55. The first-order chi connectivity index (χ1) is 15.3. The zero-order chi connectivity index (χ0) is 22.6. The van der Waals surface area contributed by atoms with Crippen LogP contribution in [-0.4, -0.2) is 27.5 Å². The van der Waals surface area contributed by atoms with E-state index in [1.807, 2.05) is 13.0 Å². The Morgan fingerprint density at radius 1 is 1.22 bits per heavy atom. The molecule has 0 spiro atoms. The Morgan fingerprint density at radius 2 is 1.94 bits per heavy atom. The monoisotopic (exact) mass is 475 g/mol. The average molecular weight is 475 g/mol. The number of ether oxygens (including phenoxy) is 1. The molecule has 5 rings (SSSR count). The number of hydrogen-bond donors (Lipinski definition) is 0. The van der Waals surface area contributed by atoms with E-state index in [0.29, 0.717) is 23.5 Å². The average Bonchev–Trinajstić information content (AvgIpc) is 3.48. The van der Waals surface area contributed by atoms with Gasteiger partial charge < -0.3 is 14.0 Å². The number of carbonyl (C=O) groups is 1. The van der Waals surface area contributed by atoms with Crippen molar-refractivity contribution in [3.63, 3.8) is 0 Å². The van der Waals surface area contributed by atoms with Crippen LogP contribution in [0.15, 0.2) is 36.7 Å². The van der Waals surface area contributed by atoms with E-state index in [9.17, 15) is 4.79 Å². The quantitative estimate of drug-likeness (QED) is 0.353. The van der Waals surface area contributed by atoms with Crippen molar-refractivity contribution in [1.29, 1.82) is 0 Å². The summed E-state index contributed by atoms with van der Waals surface area (Å²) in [5.74, 6) is -1.50. The van der Waals surface area contributed by atoms with Crippen LogP contribution >= 0.6 is 18.6 Å². The summed E-state index contributed by atoms with van der Waals surface area (Å²) < 4.78 is 37.8. The summed E-state index contributed by atoms with van der Waals surface area (Å²) in [7, 11) is 5.22. The number of nitrogens with zero attached hydrogens (tertiary/aromatic N) is 3. The van der Waals surface area contributed by atoms with Crippen molar-refractivity contribution in [2.75, 3.05) is 11.5 Å². The van der Waals surface area contributed by atoms with Crippen molar-refractivity contribution in [2.45, 2.75) is 37.9 Å². The summed E-state index contributed by atoms with van der Waals surface area (Å²) in [6.45, 7) is 2.41. The fourth-order valence-electron chi connectivity index (χ4n) is 4.48. The Kier molecular flexibility index (Phi) is 5.67. The summed E-state index contributed by atoms with van der Waals surface area (Å²) in [6, 6.07) is 7.24. The van der Waals surface area contributed by atoms with Gasteiger partial charge in [-0.15, -0.1) is 9.24 Å². The molecule has 5 nitrogen and oxygen atoms in total. The van der Waals surface area contributed by atoms with E-state index in [2.05, 4.69) is 23.6 Å². The van der Waals surface area contributed by atoms with Gasteiger partial charge in [0, 0.05) is 23.4 Å². The molecule has 0 radical (unpaired) electrons. The molecule has 1 saturated heterocycles. The van der Waals surface area contributed by atoms with Crippen molar-refractivity contribution in [1.82, 2.24) is 9.32 Å². The van der Waals surface area contributed by atoms with Gasteiger partial charge in [0.05, 0.1) is 35.9 Å². The van der Waals surface area contributed by atoms with E-state index in [-0.39, 0.29) is 23.1 Å². The lowest BCUT2D eigenvalue weighted by molar-refractivity contribution is -0.131. The van der Waals surface area contributed by atoms with Crippen molar-refractivity contribution >= 4 is 41.3 Å². The number of benzene rings is 2. The number of β-lactam (4-membered cyclic amide) rings is 1. The predicted octanol–water partition coefficient (Wildman–Crippen LogP) is 5.10. The van der Waals surface area contributed by atoms with Crippen molar-refractivity contribution < 1.29 is 18.3 Å². The molecule has 2 fully saturated rings. The Balaban J connectivity index is 1.49. The van der Waals surface area contributed by atoms with E-state index in [0.717, 1.165) is 24.8 Å². The minimum atomic E-state index is -0.678.